The van der Waals surface area contributed by atoms with Crippen LogP contribution in [-0.4, -0.2) is 49.3 Å². The smallest absolute Gasteiger partial charge is 0.243 e. The van der Waals surface area contributed by atoms with Crippen LogP contribution in [0.4, 0.5) is 4.39 Å². The van der Waals surface area contributed by atoms with E-state index in [9.17, 15) is 12.8 Å². The monoisotopic (exact) mass is 326 g/mol. The zero-order valence-corrected chi connectivity index (χ0v) is 13.9. The van der Waals surface area contributed by atoms with Crippen LogP contribution in [0.25, 0.3) is 0 Å². The predicted octanol–water partition coefficient (Wildman–Crippen LogP) is 2.38. The average Bonchev–Trinajstić information content (AvgIpc) is 2.46. The third-order valence-electron chi connectivity index (χ3n) is 4.85. The fraction of sp³-hybridized carbons (Fsp3) is 0.625. The highest BCUT2D eigenvalue weighted by Crippen LogP contribution is 2.29. The first-order valence-electron chi connectivity index (χ1n) is 7.91. The van der Waals surface area contributed by atoms with Gasteiger partial charge >= 0.3 is 0 Å². The molecule has 0 N–H and O–H groups in total. The molecule has 0 unspecified atom stereocenters. The number of aryl methyl sites for hydroxylation is 1. The van der Waals surface area contributed by atoms with Crippen LogP contribution in [0.15, 0.2) is 23.1 Å². The summed E-state index contributed by atoms with van der Waals surface area (Å²) in [5, 5.41) is 0. The first kappa shape index (κ1) is 15.9. The first-order chi connectivity index (χ1) is 10.4. The summed E-state index contributed by atoms with van der Waals surface area (Å²) in [4.78, 5) is 2.64. The van der Waals surface area contributed by atoms with Crippen LogP contribution >= 0.6 is 0 Å². The Bertz CT molecular complexity index is 662. The highest BCUT2D eigenvalue weighted by Gasteiger charge is 2.39. The van der Waals surface area contributed by atoms with E-state index in [1.807, 2.05) is 6.92 Å². The summed E-state index contributed by atoms with van der Waals surface area (Å²) >= 11 is 0. The van der Waals surface area contributed by atoms with E-state index >= 15 is 0 Å². The van der Waals surface area contributed by atoms with Gasteiger partial charge in [-0.05, 0) is 57.0 Å². The Morgan fingerprint density at radius 2 is 2.00 bits per heavy atom. The van der Waals surface area contributed by atoms with Gasteiger partial charge in [0.05, 0.1) is 4.90 Å². The quantitative estimate of drug-likeness (QED) is 0.838. The molecule has 2 aliphatic rings. The second-order valence-corrected chi connectivity index (χ2v) is 8.34. The summed E-state index contributed by atoms with van der Waals surface area (Å²) in [6, 6.07) is 4.17. The highest BCUT2D eigenvalue weighted by molar-refractivity contribution is 7.89. The Morgan fingerprint density at radius 3 is 2.73 bits per heavy atom. The molecule has 0 aliphatic carbocycles. The number of halogens is 1. The average molecular weight is 326 g/mol. The maximum atomic E-state index is 13.3. The van der Waals surface area contributed by atoms with E-state index in [-0.39, 0.29) is 10.9 Å². The summed E-state index contributed by atoms with van der Waals surface area (Å²) < 4.78 is 40.9. The first-order valence-corrected chi connectivity index (χ1v) is 9.35. The van der Waals surface area contributed by atoms with Crippen molar-refractivity contribution >= 4 is 10.0 Å². The van der Waals surface area contributed by atoms with E-state index in [1.54, 1.807) is 11.2 Å². The van der Waals surface area contributed by atoms with Gasteiger partial charge in [-0.15, -0.1) is 0 Å². The lowest BCUT2D eigenvalue weighted by Gasteiger charge is -2.46. The van der Waals surface area contributed by atoms with Crippen molar-refractivity contribution in [2.24, 2.45) is 0 Å². The number of fused-ring (bicyclic) bond motifs is 1. The van der Waals surface area contributed by atoms with Gasteiger partial charge in [-0.1, -0.05) is 6.42 Å². The van der Waals surface area contributed by atoms with E-state index in [0.717, 1.165) is 19.5 Å². The molecular formula is C16H23FN2O2S. The van der Waals surface area contributed by atoms with Gasteiger partial charge in [0.15, 0.2) is 0 Å². The van der Waals surface area contributed by atoms with Crippen LogP contribution in [0.2, 0.25) is 0 Å². The number of hydrogen-bond acceptors (Lipinski definition) is 3. The van der Waals surface area contributed by atoms with Gasteiger partial charge in [0.1, 0.15) is 5.82 Å². The zero-order valence-electron chi connectivity index (χ0n) is 13.1. The summed E-state index contributed by atoms with van der Waals surface area (Å²) in [7, 11) is -3.57. The molecule has 3 rings (SSSR count). The van der Waals surface area contributed by atoms with E-state index < -0.39 is 15.8 Å². The molecule has 2 saturated heterocycles. The SMILES string of the molecule is Cc1cc(F)ccc1S(=O)(=O)N1C[C@@H]2CCCCN2C[C@@H]1C. The predicted molar refractivity (Wildman–Crippen MR) is 83.7 cm³/mol. The summed E-state index contributed by atoms with van der Waals surface area (Å²) in [5.41, 5.74) is 0.471. The molecule has 4 nitrogen and oxygen atoms in total. The molecule has 0 saturated carbocycles. The number of nitrogens with zero attached hydrogens (tertiary/aromatic N) is 2. The minimum Gasteiger partial charge on any atom is -0.297 e. The number of sulfonamides is 1. The van der Waals surface area contributed by atoms with Crippen molar-refractivity contribution in [1.82, 2.24) is 9.21 Å². The molecule has 0 bridgehead atoms. The molecule has 0 spiro atoms. The second-order valence-electron chi connectivity index (χ2n) is 6.48. The Kier molecular flexibility index (Phi) is 4.27. The van der Waals surface area contributed by atoms with Crippen molar-refractivity contribution in [2.75, 3.05) is 19.6 Å². The normalized spacial score (nSPS) is 27.6. The Morgan fingerprint density at radius 1 is 1.23 bits per heavy atom. The lowest BCUT2D eigenvalue weighted by molar-refractivity contribution is 0.0564. The highest BCUT2D eigenvalue weighted by atomic mass is 32.2. The third-order valence-corrected chi connectivity index (χ3v) is 6.99. The second kappa shape index (κ2) is 5.91. The summed E-state index contributed by atoms with van der Waals surface area (Å²) in [6.07, 6.45) is 3.42. The number of rotatable bonds is 2. The maximum Gasteiger partial charge on any atom is 0.243 e. The molecule has 122 valence electrons. The number of hydrogen-bond donors (Lipinski definition) is 0. The van der Waals surface area contributed by atoms with E-state index in [2.05, 4.69) is 4.90 Å². The van der Waals surface area contributed by atoms with Crippen LogP contribution in [0, 0.1) is 12.7 Å². The largest absolute Gasteiger partial charge is 0.297 e. The fourth-order valence-electron chi connectivity index (χ4n) is 3.69. The van der Waals surface area contributed by atoms with Crippen LogP contribution in [0.3, 0.4) is 0 Å². The molecule has 6 heteroatoms. The Hall–Kier alpha value is -0.980. The van der Waals surface area contributed by atoms with Crippen LogP contribution in [-0.2, 0) is 10.0 Å². The molecule has 2 heterocycles. The minimum atomic E-state index is -3.57. The molecule has 0 aromatic heterocycles. The van der Waals surface area contributed by atoms with Crippen molar-refractivity contribution in [3.63, 3.8) is 0 Å². The number of benzene rings is 1. The van der Waals surface area contributed by atoms with Crippen molar-refractivity contribution in [3.05, 3.63) is 29.6 Å². The third kappa shape index (κ3) is 2.79. The van der Waals surface area contributed by atoms with Crippen LogP contribution < -0.4 is 0 Å². The molecule has 2 fully saturated rings. The van der Waals surface area contributed by atoms with E-state index in [1.165, 1.54) is 31.0 Å². The fourth-order valence-corrected chi connectivity index (χ4v) is 5.56. The van der Waals surface area contributed by atoms with Crippen molar-refractivity contribution < 1.29 is 12.8 Å². The molecular weight excluding hydrogens is 303 g/mol. The molecule has 2 aliphatic heterocycles. The molecule has 1 aromatic rings. The Balaban J connectivity index is 1.91. The lowest BCUT2D eigenvalue weighted by Crippen LogP contribution is -2.59. The van der Waals surface area contributed by atoms with Crippen molar-refractivity contribution in [1.29, 1.82) is 0 Å². The molecule has 22 heavy (non-hydrogen) atoms. The lowest BCUT2D eigenvalue weighted by atomic mass is 9.99. The molecule has 0 radical (unpaired) electrons. The topological polar surface area (TPSA) is 40.6 Å². The van der Waals surface area contributed by atoms with Gasteiger partial charge in [-0.25, -0.2) is 12.8 Å². The summed E-state index contributed by atoms with van der Waals surface area (Å²) in [6.45, 7) is 6.00. The van der Waals surface area contributed by atoms with Gasteiger partial charge in [-0.2, -0.15) is 4.31 Å². The van der Waals surface area contributed by atoms with Crippen LogP contribution in [0.5, 0.6) is 0 Å². The van der Waals surface area contributed by atoms with Gasteiger partial charge in [0.25, 0.3) is 0 Å². The van der Waals surface area contributed by atoms with E-state index in [4.69, 9.17) is 0 Å². The molecule has 1 aromatic carbocycles. The van der Waals surface area contributed by atoms with Gasteiger partial charge in [-0.3, -0.25) is 4.90 Å². The minimum absolute atomic E-state index is 0.0520. The van der Waals surface area contributed by atoms with Gasteiger partial charge in [0.2, 0.25) is 10.0 Å². The zero-order chi connectivity index (χ0) is 15.9. The van der Waals surface area contributed by atoms with Gasteiger partial charge in [0, 0.05) is 25.2 Å². The molecule has 0 amide bonds. The van der Waals surface area contributed by atoms with E-state index in [0.29, 0.717) is 18.2 Å². The Labute approximate surface area is 132 Å². The van der Waals surface area contributed by atoms with Gasteiger partial charge < -0.3 is 0 Å². The number of piperazine rings is 1. The maximum absolute atomic E-state index is 13.3. The summed E-state index contributed by atoms with van der Waals surface area (Å²) in [5.74, 6) is -0.401. The van der Waals surface area contributed by atoms with Crippen molar-refractivity contribution in [2.45, 2.75) is 50.1 Å². The standard InChI is InChI=1S/C16H23FN2O2S/c1-12-9-14(17)6-7-16(12)22(20,21)19-11-15-5-3-4-8-18(15)10-13(19)2/h6-7,9,13,15H,3-5,8,10-11H2,1-2H3/t13-,15-/m0/s1. The van der Waals surface area contributed by atoms with Crippen molar-refractivity contribution in [3.8, 4) is 0 Å². The molecule has 2 atom stereocenters. The number of piperidine rings is 1. The van der Waals surface area contributed by atoms with Crippen LogP contribution in [0.1, 0.15) is 31.7 Å².